The van der Waals surface area contributed by atoms with Gasteiger partial charge in [0.25, 0.3) is 0 Å². The van der Waals surface area contributed by atoms with Crippen LogP contribution in [0.2, 0.25) is 0 Å². The van der Waals surface area contributed by atoms with Gasteiger partial charge in [0.05, 0.1) is 6.04 Å². The molecule has 0 saturated carbocycles. The van der Waals surface area contributed by atoms with Gasteiger partial charge in [0.1, 0.15) is 5.82 Å². The summed E-state index contributed by atoms with van der Waals surface area (Å²) in [7, 11) is 1.98. The Morgan fingerprint density at radius 1 is 1.12 bits per heavy atom. The van der Waals surface area contributed by atoms with Crippen molar-refractivity contribution in [1.29, 1.82) is 0 Å². The standard InChI is InChI=1S/C19H20FN3O/c1-13-5-4-6-16(11-13)19-22-21-18(24-19)14(2)23(3)12-15-7-9-17(20)10-8-15/h4-11,14H,12H2,1-3H3/t14-/m1/s1. The molecule has 0 N–H and O–H groups in total. The Kier molecular flexibility index (Phi) is 4.71. The molecule has 2 aromatic carbocycles. The molecule has 0 amide bonds. The Hall–Kier alpha value is -2.53. The molecule has 0 aliphatic heterocycles. The highest BCUT2D eigenvalue weighted by atomic mass is 19.1. The summed E-state index contributed by atoms with van der Waals surface area (Å²) in [5, 5.41) is 8.34. The third-order valence-electron chi connectivity index (χ3n) is 4.07. The predicted molar refractivity (Wildman–Crippen MR) is 90.8 cm³/mol. The van der Waals surface area contributed by atoms with Gasteiger partial charge in [-0.1, -0.05) is 29.8 Å². The monoisotopic (exact) mass is 325 g/mol. The van der Waals surface area contributed by atoms with Crippen LogP contribution >= 0.6 is 0 Å². The predicted octanol–water partition coefficient (Wildman–Crippen LogP) is 4.38. The molecule has 0 aliphatic carbocycles. The van der Waals surface area contributed by atoms with E-state index in [9.17, 15) is 4.39 Å². The second kappa shape index (κ2) is 6.93. The highest BCUT2D eigenvalue weighted by Gasteiger charge is 2.19. The number of rotatable bonds is 5. The van der Waals surface area contributed by atoms with Gasteiger partial charge in [0, 0.05) is 12.1 Å². The van der Waals surface area contributed by atoms with Crippen molar-refractivity contribution in [2.75, 3.05) is 7.05 Å². The molecule has 0 fully saturated rings. The van der Waals surface area contributed by atoms with Gasteiger partial charge in [-0.2, -0.15) is 0 Å². The van der Waals surface area contributed by atoms with Gasteiger partial charge < -0.3 is 4.42 Å². The molecular weight excluding hydrogens is 305 g/mol. The molecule has 0 spiro atoms. The molecule has 124 valence electrons. The van der Waals surface area contributed by atoms with Gasteiger partial charge in [0.15, 0.2) is 0 Å². The van der Waals surface area contributed by atoms with Crippen molar-refractivity contribution in [3.63, 3.8) is 0 Å². The minimum Gasteiger partial charge on any atom is -0.419 e. The lowest BCUT2D eigenvalue weighted by Gasteiger charge is -2.21. The van der Waals surface area contributed by atoms with Gasteiger partial charge in [-0.25, -0.2) is 4.39 Å². The normalized spacial score (nSPS) is 12.5. The summed E-state index contributed by atoms with van der Waals surface area (Å²) >= 11 is 0. The first kappa shape index (κ1) is 16.3. The minimum absolute atomic E-state index is 0.0406. The Bertz CT molecular complexity index is 813. The van der Waals surface area contributed by atoms with Crippen molar-refractivity contribution < 1.29 is 8.81 Å². The fourth-order valence-electron chi connectivity index (χ4n) is 2.50. The molecular formula is C19H20FN3O. The molecule has 1 aromatic heterocycles. The molecule has 0 saturated heterocycles. The quantitative estimate of drug-likeness (QED) is 0.698. The molecule has 3 aromatic rings. The van der Waals surface area contributed by atoms with Crippen LogP contribution in [0, 0.1) is 12.7 Å². The highest BCUT2D eigenvalue weighted by Crippen LogP contribution is 2.24. The summed E-state index contributed by atoms with van der Waals surface area (Å²) < 4.78 is 18.8. The van der Waals surface area contributed by atoms with Gasteiger partial charge >= 0.3 is 0 Å². The molecule has 4 nitrogen and oxygen atoms in total. The molecule has 1 atom stereocenters. The first-order valence-corrected chi connectivity index (χ1v) is 7.88. The molecule has 24 heavy (non-hydrogen) atoms. The van der Waals surface area contributed by atoms with Gasteiger partial charge in [-0.3, -0.25) is 4.90 Å². The van der Waals surface area contributed by atoms with E-state index in [0.29, 0.717) is 18.3 Å². The van der Waals surface area contributed by atoms with Crippen LogP contribution in [0.5, 0.6) is 0 Å². The number of halogens is 1. The van der Waals surface area contributed by atoms with E-state index >= 15 is 0 Å². The van der Waals surface area contributed by atoms with E-state index in [1.165, 1.54) is 12.1 Å². The molecule has 1 heterocycles. The number of nitrogens with zero attached hydrogens (tertiary/aromatic N) is 3. The Morgan fingerprint density at radius 2 is 1.88 bits per heavy atom. The number of hydrogen-bond donors (Lipinski definition) is 0. The van der Waals surface area contributed by atoms with Gasteiger partial charge in [-0.15, -0.1) is 10.2 Å². The third kappa shape index (κ3) is 3.68. The van der Waals surface area contributed by atoms with Crippen LogP contribution in [0.15, 0.2) is 52.9 Å². The summed E-state index contributed by atoms with van der Waals surface area (Å²) in [6, 6.07) is 14.4. The topological polar surface area (TPSA) is 42.2 Å². The first-order valence-electron chi connectivity index (χ1n) is 7.88. The summed E-state index contributed by atoms with van der Waals surface area (Å²) in [5.74, 6) is 0.862. The van der Waals surface area contributed by atoms with Crippen LogP contribution in [0.1, 0.15) is 30.0 Å². The summed E-state index contributed by atoms with van der Waals surface area (Å²) in [6.45, 7) is 4.71. The maximum absolute atomic E-state index is 13.0. The van der Waals surface area contributed by atoms with Crippen molar-refractivity contribution in [2.45, 2.75) is 26.4 Å². The molecule has 0 aliphatic rings. The largest absolute Gasteiger partial charge is 0.419 e. The first-order chi connectivity index (χ1) is 11.5. The van der Waals surface area contributed by atoms with Crippen molar-refractivity contribution in [2.24, 2.45) is 0 Å². The summed E-state index contributed by atoms with van der Waals surface area (Å²) in [4.78, 5) is 2.08. The summed E-state index contributed by atoms with van der Waals surface area (Å²) in [6.07, 6.45) is 0. The van der Waals surface area contributed by atoms with E-state index in [1.54, 1.807) is 12.1 Å². The smallest absolute Gasteiger partial charge is 0.247 e. The van der Waals surface area contributed by atoms with Crippen molar-refractivity contribution in [1.82, 2.24) is 15.1 Å². The van der Waals surface area contributed by atoms with Crippen molar-refractivity contribution in [3.05, 3.63) is 71.4 Å². The van der Waals surface area contributed by atoms with E-state index in [0.717, 1.165) is 16.7 Å². The lowest BCUT2D eigenvalue weighted by Crippen LogP contribution is -2.22. The van der Waals surface area contributed by atoms with Crippen LogP contribution in [-0.4, -0.2) is 22.1 Å². The Balaban J connectivity index is 1.73. The van der Waals surface area contributed by atoms with Crippen LogP contribution in [0.25, 0.3) is 11.5 Å². The molecule has 0 unspecified atom stereocenters. The van der Waals surface area contributed by atoms with E-state index in [4.69, 9.17) is 4.42 Å². The zero-order chi connectivity index (χ0) is 17.1. The Labute approximate surface area is 140 Å². The van der Waals surface area contributed by atoms with E-state index < -0.39 is 0 Å². The fraction of sp³-hybridized carbons (Fsp3) is 0.263. The van der Waals surface area contributed by atoms with Crippen molar-refractivity contribution in [3.8, 4) is 11.5 Å². The van der Waals surface area contributed by atoms with E-state index in [2.05, 4.69) is 15.1 Å². The average Bonchev–Trinajstić information content (AvgIpc) is 3.06. The lowest BCUT2D eigenvalue weighted by molar-refractivity contribution is 0.218. The SMILES string of the molecule is Cc1cccc(-c2nnc([C@@H](C)N(C)Cc3ccc(F)cc3)o2)c1. The average molecular weight is 325 g/mol. The van der Waals surface area contributed by atoms with Crippen LogP contribution in [0.3, 0.4) is 0 Å². The zero-order valence-electron chi connectivity index (χ0n) is 14.0. The Morgan fingerprint density at radius 3 is 2.58 bits per heavy atom. The second-order valence-corrected chi connectivity index (χ2v) is 6.03. The molecule has 0 bridgehead atoms. The molecule has 0 radical (unpaired) electrons. The fourth-order valence-corrected chi connectivity index (χ4v) is 2.50. The van der Waals surface area contributed by atoms with E-state index in [1.807, 2.05) is 45.2 Å². The number of aryl methyl sites for hydroxylation is 1. The maximum Gasteiger partial charge on any atom is 0.247 e. The summed E-state index contributed by atoms with van der Waals surface area (Å²) in [5.41, 5.74) is 3.10. The second-order valence-electron chi connectivity index (χ2n) is 6.03. The van der Waals surface area contributed by atoms with Crippen LogP contribution in [-0.2, 0) is 6.54 Å². The zero-order valence-corrected chi connectivity index (χ0v) is 14.0. The van der Waals surface area contributed by atoms with Gasteiger partial charge in [-0.05, 0) is 50.7 Å². The number of hydrogen-bond acceptors (Lipinski definition) is 4. The van der Waals surface area contributed by atoms with Crippen LogP contribution < -0.4 is 0 Å². The maximum atomic E-state index is 13.0. The highest BCUT2D eigenvalue weighted by molar-refractivity contribution is 5.53. The lowest BCUT2D eigenvalue weighted by atomic mass is 10.1. The van der Waals surface area contributed by atoms with E-state index in [-0.39, 0.29) is 11.9 Å². The number of benzene rings is 2. The van der Waals surface area contributed by atoms with Gasteiger partial charge in [0.2, 0.25) is 11.8 Å². The van der Waals surface area contributed by atoms with Crippen molar-refractivity contribution >= 4 is 0 Å². The minimum atomic E-state index is -0.228. The third-order valence-corrected chi connectivity index (χ3v) is 4.07. The number of aromatic nitrogens is 2. The molecule has 5 heteroatoms. The van der Waals surface area contributed by atoms with Crippen LogP contribution in [0.4, 0.5) is 4.39 Å². The molecule has 3 rings (SSSR count).